The number of piperazine rings is 1. The van der Waals surface area contributed by atoms with Crippen LogP contribution in [0.25, 0.3) is 0 Å². The molecule has 8 heteroatoms. The van der Waals surface area contributed by atoms with Crippen LogP contribution in [0.1, 0.15) is 31.9 Å². The summed E-state index contributed by atoms with van der Waals surface area (Å²) in [6.07, 6.45) is 4.33. The van der Waals surface area contributed by atoms with Gasteiger partial charge < -0.3 is 9.47 Å². The molecule has 2 aromatic rings. The molecule has 0 saturated carbocycles. The molecule has 1 atom stereocenters. The van der Waals surface area contributed by atoms with E-state index in [9.17, 15) is 13.2 Å². The van der Waals surface area contributed by atoms with E-state index in [4.69, 9.17) is 0 Å². The normalized spacial score (nSPS) is 17.6. The molecule has 1 aliphatic heterocycles. The Morgan fingerprint density at radius 1 is 1.15 bits per heavy atom. The summed E-state index contributed by atoms with van der Waals surface area (Å²) >= 11 is 1.62. The van der Waals surface area contributed by atoms with Crippen molar-refractivity contribution in [2.24, 2.45) is 0 Å². The number of sulfonamides is 1. The third-order valence-corrected chi connectivity index (χ3v) is 7.81. The van der Waals surface area contributed by atoms with Crippen molar-refractivity contribution in [3.8, 4) is 0 Å². The van der Waals surface area contributed by atoms with Gasteiger partial charge in [-0.3, -0.25) is 4.79 Å². The summed E-state index contributed by atoms with van der Waals surface area (Å²) in [6.45, 7) is 5.03. The molecule has 0 spiro atoms. The third kappa shape index (κ3) is 4.02. The summed E-state index contributed by atoms with van der Waals surface area (Å²) < 4.78 is 28.1. The fourth-order valence-electron chi connectivity index (χ4n) is 3.20. The molecule has 0 radical (unpaired) electrons. The zero-order valence-corrected chi connectivity index (χ0v) is 16.7. The van der Waals surface area contributed by atoms with Crippen molar-refractivity contribution >= 4 is 27.3 Å². The number of rotatable bonds is 6. The second-order valence-corrected chi connectivity index (χ2v) is 10.0. The summed E-state index contributed by atoms with van der Waals surface area (Å²) in [5.74, 6) is 0.0662. The highest BCUT2D eigenvalue weighted by atomic mass is 32.2. The maximum atomic E-state index is 12.8. The number of thiophene rings is 1. The van der Waals surface area contributed by atoms with Gasteiger partial charge in [0.1, 0.15) is 0 Å². The van der Waals surface area contributed by atoms with E-state index in [0.29, 0.717) is 32.6 Å². The van der Waals surface area contributed by atoms with Gasteiger partial charge in [0, 0.05) is 38.6 Å². The monoisotopic (exact) mass is 395 g/mol. The maximum Gasteiger partial charge on any atom is 0.225 e. The Morgan fingerprint density at radius 3 is 2.35 bits per heavy atom. The highest BCUT2D eigenvalue weighted by Crippen LogP contribution is 2.26. The SMILES string of the molecule is CC(C)S(=O)(=O)N1CCN(C(=O)C[C@@H](c2ccsc2)n2cccc2)CC1. The van der Waals surface area contributed by atoms with Gasteiger partial charge in [-0.05, 0) is 48.4 Å². The number of carbonyl (C=O) groups is 1. The van der Waals surface area contributed by atoms with E-state index < -0.39 is 15.3 Å². The highest BCUT2D eigenvalue weighted by molar-refractivity contribution is 7.89. The van der Waals surface area contributed by atoms with Gasteiger partial charge in [-0.2, -0.15) is 15.6 Å². The van der Waals surface area contributed by atoms with Crippen molar-refractivity contribution < 1.29 is 13.2 Å². The summed E-state index contributed by atoms with van der Waals surface area (Å²) in [6, 6.07) is 5.94. The number of hydrogen-bond acceptors (Lipinski definition) is 4. The fourth-order valence-corrected chi connectivity index (χ4v) is 5.18. The minimum atomic E-state index is -3.25. The van der Waals surface area contributed by atoms with Gasteiger partial charge in [0.15, 0.2) is 0 Å². The molecule has 2 aromatic heterocycles. The summed E-state index contributed by atoms with van der Waals surface area (Å²) in [5, 5.41) is 3.66. The Labute approximate surface area is 159 Å². The fraction of sp³-hybridized carbons (Fsp3) is 0.500. The average Bonchev–Trinajstić information content (AvgIpc) is 3.33. The van der Waals surface area contributed by atoms with Crippen LogP contribution in [-0.2, 0) is 14.8 Å². The van der Waals surface area contributed by atoms with Crippen LogP contribution in [0.5, 0.6) is 0 Å². The van der Waals surface area contributed by atoms with Crippen LogP contribution >= 0.6 is 11.3 Å². The molecule has 26 heavy (non-hydrogen) atoms. The molecule has 3 rings (SSSR count). The smallest absolute Gasteiger partial charge is 0.225 e. The molecule has 6 nitrogen and oxygen atoms in total. The Hall–Kier alpha value is -1.64. The lowest BCUT2D eigenvalue weighted by Crippen LogP contribution is -2.52. The van der Waals surface area contributed by atoms with Gasteiger partial charge in [-0.1, -0.05) is 0 Å². The minimum absolute atomic E-state index is 0.0267. The molecule has 1 fully saturated rings. The average molecular weight is 396 g/mol. The highest BCUT2D eigenvalue weighted by Gasteiger charge is 2.31. The van der Waals surface area contributed by atoms with Gasteiger partial charge in [0.05, 0.1) is 17.7 Å². The van der Waals surface area contributed by atoms with Crippen molar-refractivity contribution in [3.05, 3.63) is 46.9 Å². The summed E-state index contributed by atoms with van der Waals surface area (Å²) in [4.78, 5) is 14.6. The Bertz CT molecular complexity index is 772. The molecule has 0 N–H and O–H groups in total. The molecular formula is C18H25N3O3S2. The van der Waals surface area contributed by atoms with E-state index >= 15 is 0 Å². The second-order valence-electron chi connectivity index (χ2n) is 6.78. The Morgan fingerprint density at radius 2 is 1.81 bits per heavy atom. The zero-order chi connectivity index (χ0) is 18.7. The topological polar surface area (TPSA) is 62.6 Å². The summed E-state index contributed by atoms with van der Waals surface area (Å²) in [5.41, 5.74) is 1.13. The van der Waals surface area contributed by atoms with E-state index in [-0.39, 0.29) is 11.9 Å². The number of carbonyl (C=O) groups excluding carboxylic acids is 1. The Kier molecular flexibility index (Phi) is 5.84. The molecule has 0 aliphatic carbocycles. The molecule has 1 amide bonds. The van der Waals surface area contributed by atoms with Crippen molar-refractivity contribution in [1.29, 1.82) is 0 Å². The van der Waals surface area contributed by atoms with Crippen molar-refractivity contribution in [1.82, 2.24) is 13.8 Å². The molecule has 1 saturated heterocycles. The Balaban J connectivity index is 1.65. The lowest BCUT2D eigenvalue weighted by atomic mass is 10.1. The van der Waals surface area contributed by atoms with Gasteiger partial charge in [0.25, 0.3) is 0 Å². The van der Waals surface area contributed by atoms with E-state index in [2.05, 4.69) is 16.0 Å². The van der Waals surface area contributed by atoms with Crippen LogP contribution in [0.4, 0.5) is 0 Å². The van der Waals surface area contributed by atoms with E-state index in [1.807, 2.05) is 29.9 Å². The minimum Gasteiger partial charge on any atom is -0.346 e. The maximum absolute atomic E-state index is 12.8. The lowest BCUT2D eigenvalue weighted by molar-refractivity contribution is -0.133. The first-order chi connectivity index (χ1) is 12.4. The summed E-state index contributed by atoms with van der Waals surface area (Å²) in [7, 11) is -3.25. The zero-order valence-electron chi connectivity index (χ0n) is 15.1. The van der Waals surface area contributed by atoms with Crippen LogP contribution in [0.2, 0.25) is 0 Å². The first kappa shape index (κ1) is 19.1. The van der Waals surface area contributed by atoms with Crippen molar-refractivity contribution in [2.45, 2.75) is 31.6 Å². The number of nitrogens with zero attached hydrogens (tertiary/aromatic N) is 3. The third-order valence-electron chi connectivity index (χ3n) is 4.83. The van der Waals surface area contributed by atoms with Crippen LogP contribution < -0.4 is 0 Å². The van der Waals surface area contributed by atoms with Gasteiger partial charge >= 0.3 is 0 Å². The number of hydrogen-bond donors (Lipinski definition) is 0. The van der Waals surface area contributed by atoms with E-state index in [1.54, 1.807) is 30.1 Å². The number of amides is 1. The largest absolute Gasteiger partial charge is 0.346 e. The van der Waals surface area contributed by atoms with Crippen LogP contribution in [0, 0.1) is 0 Å². The molecule has 1 aliphatic rings. The second kappa shape index (κ2) is 7.94. The number of aromatic nitrogens is 1. The van der Waals surface area contributed by atoms with Crippen LogP contribution in [0.15, 0.2) is 41.4 Å². The van der Waals surface area contributed by atoms with E-state index in [1.165, 1.54) is 4.31 Å². The van der Waals surface area contributed by atoms with Gasteiger partial charge in [-0.25, -0.2) is 8.42 Å². The van der Waals surface area contributed by atoms with Crippen molar-refractivity contribution in [3.63, 3.8) is 0 Å². The molecule has 0 aromatic carbocycles. The van der Waals surface area contributed by atoms with Crippen molar-refractivity contribution in [2.75, 3.05) is 26.2 Å². The molecule has 0 bridgehead atoms. The van der Waals surface area contributed by atoms with Crippen LogP contribution in [0.3, 0.4) is 0 Å². The molecular weight excluding hydrogens is 370 g/mol. The van der Waals surface area contributed by atoms with Gasteiger partial charge in [0.2, 0.25) is 15.9 Å². The molecule has 0 unspecified atom stereocenters. The molecule has 3 heterocycles. The van der Waals surface area contributed by atoms with Gasteiger partial charge in [-0.15, -0.1) is 0 Å². The predicted molar refractivity (Wildman–Crippen MR) is 104 cm³/mol. The first-order valence-electron chi connectivity index (χ1n) is 8.81. The predicted octanol–water partition coefficient (Wildman–Crippen LogP) is 2.41. The quantitative estimate of drug-likeness (QED) is 0.755. The lowest BCUT2D eigenvalue weighted by Gasteiger charge is -2.35. The van der Waals surface area contributed by atoms with E-state index in [0.717, 1.165) is 5.56 Å². The van der Waals surface area contributed by atoms with Crippen LogP contribution in [-0.4, -0.2) is 59.5 Å². The molecule has 142 valence electrons. The first-order valence-corrected chi connectivity index (χ1v) is 11.3. The standard InChI is InChI=1S/C18H25N3O3S2/c1-15(2)26(23,24)21-10-8-20(9-11-21)18(22)13-17(16-5-12-25-14-16)19-6-3-4-7-19/h3-7,12,14-15,17H,8-11,13H2,1-2H3/t17-/m0/s1.